The molecule has 0 aliphatic rings. The molecule has 0 aromatic heterocycles. The van der Waals surface area contributed by atoms with Crippen LogP contribution in [0.4, 0.5) is 0 Å². The minimum atomic E-state index is -0.790. The van der Waals surface area contributed by atoms with Crippen LogP contribution in [-0.4, -0.2) is 37.2 Å². The Hall–Kier alpha value is -2.63. The fourth-order valence-electron chi connectivity index (χ4n) is 9.73. The van der Waals surface area contributed by atoms with Crippen LogP contribution in [0, 0.1) is 0 Å². The van der Waals surface area contributed by atoms with E-state index < -0.39 is 6.10 Å². The second-order valence-electron chi connectivity index (χ2n) is 22.0. The first kappa shape index (κ1) is 71.4. The van der Waals surface area contributed by atoms with Crippen LogP contribution in [-0.2, 0) is 28.6 Å². The first-order chi connectivity index (χ1) is 36.5. The number of allylic oxidation sites excluding steroid dienone is 8. The Labute approximate surface area is 460 Å². The van der Waals surface area contributed by atoms with E-state index in [9.17, 15) is 14.4 Å². The van der Waals surface area contributed by atoms with Crippen molar-refractivity contribution < 1.29 is 28.6 Å². The molecule has 0 N–H and O–H groups in total. The van der Waals surface area contributed by atoms with Gasteiger partial charge in [0.05, 0.1) is 0 Å². The number of rotatable bonds is 60. The Morgan fingerprint density at radius 2 is 0.527 bits per heavy atom. The maximum atomic E-state index is 12.8. The smallest absolute Gasteiger partial charge is 0.306 e. The summed E-state index contributed by atoms with van der Waals surface area (Å²) in [6.07, 6.45) is 78.9. The zero-order valence-corrected chi connectivity index (χ0v) is 49.6. The molecule has 0 rings (SSSR count). The summed E-state index contributed by atoms with van der Waals surface area (Å²) in [7, 11) is 0. The highest BCUT2D eigenvalue weighted by Gasteiger charge is 2.19. The molecule has 1 atom stereocenters. The molecule has 0 bridgehead atoms. The van der Waals surface area contributed by atoms with E-state index in [1.807, 2.05) is 0 Å². The van der Waals surface area contributed by atoms with Gasteiger partial charge in [0.15, 0.2) is 6.10 Å². The number of carbonyl (C=O) groups is 3. The van der Waals surface area contributed by atoms with Gasteiger partial charge in [0, 0.05) is 19.3 Å². The molecular weight excluding hydrogens is 913 g/mol. The molecule has 432 valence electrons. The van der Waals surface area contributed by atoms with Crippen molar-refractivity contribution >= 4 is 17.9 Å². The maximum Gasteiger partial charge on any atom is 0.306 e. The molecule has 0 saturated heterocycles. The Kier molecular flexibility index (Phi) is 60.7. The maximum absolute atomic E-state index is 12.8. The number of unbranched alkanes of at least 4 members (excludes halogenated alkanes) is 41. The van der Waals surface area contributed by atoms with Crippen molar-refractivity contribution in [2.45, 2.75) is 354 Å². The van der Waals surface area contributed by atoms with Crippen LogP contribution in [0.25, 0.3) is 0 Å². The van der Waals surface area contributed by atoms with Gasteiger partial charge in [0.2, 0.25) is 0 Å². The van der Waals surface area contributed by atoms with Crippen LogP contribution in [0.1, 0.15) is 348 Å². The van der Waals surface area contributed by atoms with Crippen LogP contribution in [0.15, 0.2) is 48.6 Å². The number of esters is 3. The second kappa shape index (κ2) is 62.9. The van der Waals surface area contributed by atoms with E-state index in [0.717, 1.165) is 77.0 Å². The molecule has 0 aliphatic heterocycles. The van der Waals surface area contributed by atoms with Gasteiger partial charge in [-0.05, 0) is 57.8 Å². The average molecular weight is 1040 g/mol. The standard InChI is InChI=1S/C68H124O6/c1-4-7-10-13-16-19-21-23-25-26-27-28-29-30-31-32-33-34-35-36-37-38-39-40-41-42-44-45-47-49-52-55-58-61-67(70)73-64-65(63-72-66(69)60-57-54-51-18-15-12-9-6-3)74-68(71)62-59-56-53-50-48-46-43-24-22-20-17-14-11-8-5-2/h8,11,17,20,24,43,48,50,65H,4-7,9-10,12-16,18-19,21-23,25-42,44-47,49,51-64H2,1-3H3/b11-8-,20-17-,43-24-,50-48-. The van der Waals surface area contributed by atoms with Crippen LogP contribution >= 0.6 is 0 Å². The summed E-state index contributed by atoms with van der Waals surface area (Å²) in [6.45, 7) is 6.50. The van der Waals surface area contributed by atoms with E-state index in [1.165, 1.54) is 225 Å². The van der Waals surface area contributed by atoms with E-state index in [2.05, 4.69) is 69.4 Å². The van der Waals surface area contributed by atoms with Gasteiger partial charge in [-0.15, -0.1) is 0 Å². The number of hydrogen-bond acceptors (Lipinski definition) is 6. The fourth-order valence-corrected chi connectivity index (χ4v) is 9.73. The molecule has 0 fully saturated rings. The molecule has 6 heteroatoms. The summed E-state index contributed by atoms with van der Waals surface area (Å²) in [4.78, 5) is 38.0. The van der Waals surface area contributed by atoms with Gasteiger partial charge in [-0.3, -0.25) is 14.4 Å². The van der Waals surface area contributed by atoms with Crippen molar-refractivity contribution in [3.63, 3.8) is 0 Å². The van der Waals surface area contributed by atoms with Crippen molar-refractivity contribution in [1.29, 1.82) is 0 Å². The summed E-state index contributed by atoms with van der Waals surface area (Å²) in [6, 6.07) is 0. The third-order valence-corrected chi connectivity index (χ3v) is 14.6. The van der Waals surface area contributed by atoms with Gasteiger partial charge in [-0.1, -0.05) is 320 Å². The molecular formula is C68H124O6. The Morgan fingerprint density at radius 3 is 0.824 bits per heavy atom. The molecule has 74 heavy (non-hydrogen) atoms. The number of carbonyl (C=O) groups excluding carboxylic acids is 3. The molecule has 6 nitrogen and oxygen atoms in total. The topological polar surface area (TPSA) is 78.9 Å². The lowest BCUT2D eigenvalue weighted by Crippen LogP contribution is -2.30. The van der Waals surface area contributed by atoms with Crippen LogP contribution < -0.4 is 0 Å². The summed E-state index contributed by atoms with van der Waals surface area (Å²) in [5.41, 5.74) is 0. The molecule has 1 unspecified atom stereocenters. The average Bonchev–Trinajstić information content (AvgIpc) is 3.40. The van der Waals surface area contributed by atoms with Gasteiger partial charge in [-0.2, -0.15) is 0 Å². The molecule has 0 amide bonds. The van der Waals surface area contributed by atoms with E-state index in [1.54, 1.807) is 0 Å². The van der Waals surface area contributed by atoms with Crippen molar-refractivity contribution in [2.24, 2.45) is 0 Å². The van der Waals surface area contributed by atoms with Crippen molar-refractivity contribution in [3.05, 3.63) is 48.6 Å². The predicted octanol–water partition coefficient (Wildman–Crippen LogP) is 22.2. The predicted molar refractivity (Wildman–Crippen MR) is 321 cm³/mol. The number of hydrogen-bond donors (Lipinski definition) is 0. The fraction of sp³-hybridized carbons (Fsp3) is 0.838. The van der Waals surface area contributed by atoms with Crippen LogP contribution in [0.5, 0.6) is 0 Å². The van der Waals surface area contributed by atoms with Gasteiger partial charge < -0.3 is 14.2 Å². The van der Waals surface area contributed by atoms with Gasteiger partial charge in [-0.25, -0.2) is 0 Å². The lowest BCUT2D eigenvalue weighted by Gasteiger charge is -2.18. The van der Waals surface area contributed by atoms with Crippen molar-refractivity contribution in [1.82, 2.24) is 0 Å². The SMILES string of the molecule is CC/C=C\C/C=C\C/C=C\C/C=C\CCCCC(=O)OC(COC(=O)CCCCCCCCCC)COC(=O)CCCCCCCCCCCCCCCCCCCCCCCCCCCCCCCCCCC. The molecule has 0 saturated carbocycles. The Morgan fingerprint density at radius 1 is 0.284 bits per heavy atom. The van der Waals surface area contributed by atoms with Gasteiger partial charge >= 0.3 is 17.9 Å². The molecule has 0 aromatic carbocycles. The Bertz CT molecular complexity index is 1280. The quantitative estimate of drug-likeness (QED) is 0.0261. The zero-order chi connectivity index (χ0) is 53.6. The van der Waals surface area contributed by atoms with Gasteiger partial charge in [0.25, 0.3) is 0 Å². The van der Waals surface area contributed by atoms with Crippen molar-refractivity contribution in [3.8, 4) is 0 Å². The van der Waals surface area contributed by atoms with E-state index in [0.29, 0.717) is 19.3 Å². The lowest BCUT2D eigenvalue weighted by atomic mass is 10.0. The molecule has 0 aliphatic carbocycles. The van der Waals surface area contributed by atoms with Crippen LogP contribution in [0.2, 0.25) is 0 Å². The van der Waals surface area contributed by atoms with E-state index in [4.69, 9.17) is 14.2 Å². The summed E-state index contributed by atoms with van der Waals surface area (Å²) in [5, 5.41) is 0. The molecule has 0 heterocycles. The van der Waals surface area contributed by atoms with Crippen LogP contribution in [0.3, 0.4) is 0 Å². The number of ether oxygens (including phenoxy) is 3. The normalized spacial score (nSPS) is 12.3. The highest BCUT2D eigenvalue weighted by atomic mass is 16.6. The van der Waals surface area contributed by atoms with Gasteiger partial charge in [0.1, 0.15) is 13.2 Å². The lowest BCUT2D eigenvalue weighted by molar-refractivity contribution is -0.167. The minimum Gasteiger partial charge on any atom is -0.462 e. The molecule has 0 spiro atoms. The highest BCUT2D eigenvalue weighted by molar-refractivity contribution is 5.71. The van der Waals surface area contributed by atoms with E-state index >= 15 is 0 Å². The Balaban J connectivity index is 3.99. The summed E-state index contributed by atoms with van der Waals surface area (Å²) < 4.78 is 16.8. The second-order valence-corrected chi connectivity index (χ2v) is 22.0. The highest BCUT2D eigenvalue weighted by Crippen LogP contribution is 2.18. The zero-order valence-electron chi connectivity index (χ0n) is 49.6. The monoisotopic (exact) mass is 1040 g/mol. The molecule has 0 radical (unpaired) electrons. The summed E-state index contributed by atoms with van der Waals surface area (Å²) >= 11 is 0. The first-order valence-electron chi connectivity index (χ1n) is 32.6. The third-order valence-electron chi connectivity index (χ3n) is 14.6. The third kappa shape index (κ3) is 60.2. The largest absolute Gasteiger partial charge is 0.462 e. The van der Waals surface area contributed by atoms with Crippen molar-refractivity contribution in [2.75, 3.05) is 13.2 Å². The van der Waals surface area contributed by atoms with E-state index in [-0.39, 0.29) is 37.5 Å². The summed E-state index contributed by atoms with van der Waals surface area (Å²) in [5.74, 6) is -0.917. The first-order valence-corrected chi connectivity index (χ1v) is 32.6. The minimum absolute atomic E-state index is 0.0861. The molecule has 0 aromatic rings.